The molecule has 3 rings (SSSR count). The zero-order valence-corrected chi connectivity index (χ0v) is 17.5. The van der Waals surface area contributed by atoms with Crippen LogP contribution >= 0.6 is 0 Å². The number of nitrogens with one attached hydrogen (secondary N) is 1. The molecule has 29 heavy (non-hydrogen) atoms. The molecule has 1 N–H and O–H groups in total. The van der Waals surface area contributed by atoms with Gasteiger partial charge in [0.1, 0.15) is 12.3 Å². The van der Waals surface area contributed by atoms with Gasteiger partial charge in [0.05, 0.1) is 17.7 Å². The van der Waals surface area contributed by atoms with Crippen LogP contribution in [0, 0.1) is 0 Å². The van der Waals surface area contributed by atoms with Crippen molar-refractivity contribution in [3.63, 3.8) is 0 Å². The van der Waals surface area contributed by atoms with E-state index in [2.05, 4.69) is 5.32 Å². The number of ether oxygens (including phenoxy) is 1. The molecule has 1 aliphatic rings. The highest BCUT2D eigenvalue weighted by molar-refractivity contribution is 7.92. The Bertz CT molecular complexity index is 890. The number of carbonyl (C=O) groups excluding carboxylic acids is 1. The van der Waals surface area contributed by atoms with Gasteiger partial charge in [0.15, 0.2) is 0 Å². The number of rotatable bonds is 7. The van der Waals surface area contributed by atoms with Crippen molar-refractivity contribution in [1.82, 2.24) is 5.32 Å². The molecule has 0 atom stereocenters. The predicted octanol–water partition coefficient (Wildman–Crippen LogP) is 3.73. The van der Waals surface area contributed by atoms with Crippen molar-refractivity contribution in [2.45, 2.75) is 49.5 Å². The minimum atomic E-state index is -3.91. The van der Waals surface area contributed by atoms with Crippen LogP contribution in [0.15, 0.2) is 59.5 Å². The predicted molar refractivity (Wildman–Crippen MR) is 114 cm³/mol. The maximum absolute atomic E-state index is 13.3. The van der Waals surface area contributed by atoms with E-state index in [1.165, 1.54) is 36.4 Å². The van der Waals surface area contributed by atoms with Gasteiger partial charge in [-0.15, -0.1) is 0 Å². The van der Waals surface area contributed by atoms with E-state index in [0.717, 1.165) is 25.7 Å². The summed E-state index contributed by atoms with van der Waals surface area (Å²) in [6, 6.07) is 15.0. The van der Waals surface area contributed by atoms with Gasteiger partial charge in [-0.2, -0.15) is 0 Å². The summed E-state index contributed by atoms with van der Waals surface area (Å²) in [6.07, 6.45) is 6.46. The van der Waals surface area contributed by atoms with Gasteiger partial charge in [-0.05, 0) is 49.2 Å². The molecule has 0 aromatic heterocycles. The maximum Gasteiger partial charge on any atom is 0.264 e. The van der Waals surface area contributed by atoms with Gasteiger partial charge in [0.25, 0.3) is 10.0 Å². The molecule has 1 aliphatic carbocycles. The molecule has 2 aromatic rings. The van der Waals surface area contributed by atoms with E-state index in [0.29, 0.717) is 11.4 Å². The lowest BCUT2D eigenvalue weighted by atomic mass is 10.1. The Balaban J connectivity index is 1.83. The van der Waals surface area contributed by atoms with Crippen molar-refractivity contribution in [2.75, 3.05) is 18.0 Å². The molecule has 7 heteroatoms. The first kappa shape index (κ1) is 21.2. The molecule has 1 fully saturated rings. The van der Waals surface area contributed by atoms with Gasteiger partial charge in [0, 0.05) is 6.04 Å². The number of sulfonamides is 1. The highest BCUT2D eigenvalue weighted by Crippen LogP contribution is 2.25. The molecular weight excluding hydrogens is 388 g/mol. The molecule has 156 valence electrons. The van der Waals surface area contributed by atoms with E-state index in [9.17, 15) is 13.2 Å². The topological polar surface area (TPSA) is 75.7 Å². The van der Waals surface area contributed by atoms with Gasteiger partial charge in [-0.3, -0.25) is 9.10 Å². The van der Waals surface area contributed by atoms with Crippen LogP contribution in [0.1, 0.15) is 38.5 Å². The average Bonchev–Trinajstić information content (AvgIpc) is 3.01. The third-order valence-corrected chi connectivity index (χ3v) is 6.99. The van der Waals surface area contributed by atoms with E-state index in [1.54, 1.807) is 36.4 Å². The van der Waals surface area contributed by atoms with E-state index in [1.807, 2.05) is 6.07 Å². The smallest absolute Gasteiger partial charge is 0.264 e. The van der Waals surface area contributed by atoms with Crippen molar-refractivity contribution in [1.29, 1.82) is 0 Å². The second-order valence-electron chi connectivity index (χ2n) is 7.28. The van der Waals surface area contributed by atoms with Crippen LogP contribution in [0.25, 0.3) is 0 Å². The first-order valence-corrected chi connectivity index (χ1v) is 11.5. The van der Waals surface area contributed by atoms with Crippen molar-refractivity contribution in [2.24, 2.45) is 0 Å². The Kier molecular flexibility index (Phi) is 7.14. The van der Waals surface area contributed by atoms with E-state index >= 15 is 0 Å². The maximum atomic E-state index is 13.3. The SMILES string of the molecule is COc1ccc(S(=O)(=O)N(CC(=O)NC2CCCCCC2)c2ccccc2)cc1. The molecular formula is C22H28N2O4S. The Morgan fingerprint density at radius 2 is 1.62 bits per heavy atom. The molecule has 1 amide bonds. The van der Waals surface area contributed by atoms with E-state index in [-0.39, 0.29) is 23.4 Å². The number of nitrogens with zero attached hydrogens (tertiary/aromatic N) is 1. The highest BCUT2D eigenvalue weighted by Gasteiger charge is 2.28. The van der Waals surface area contributed by atoms with E-state index in [4.69, 9.17) is 4.74 Å². The molecule has 2 aromatic carbocycles. The van der Waals surface area contributed by atoms with Gasteiger partial charge in [-0.1, -0.05) is 43.9 Å². The average molecular weight is 417 g/mol. The minimum absolute atomic E-state index is 0.115. The van der Waals surface area contributed by atoms with Crippen LogP contribution in [-0.4, -0.2) is 34.0 Å². The summed E-state index contributed by atoms with van der Waals surface area (Å²) in [5, 5.41) is 3.04. The number of benzene rings is 2. The molecule has 0 heterocycles. The number of hydrogen-bond acceptors (Lipinski definition) is 4. The molecule has 0 unspecified atom stereocenters. The molecule has 0 bridgehead atoms. The summed E-state index contributed by atoms with van der Waals surface area (Å²) in [7, 11) is -2.38. The van der Waals surface area contributed by atoms with Crippen LogP contribution in [0.4, 0.5) is 5.69 Å². The third kappa shape index (κ3) is 5.50. The molecule has 0 aliphatic heterocycles. The quantitative estimate of drug-likeness (QED) is 0.698. The molecule has 0 spiro atoms. The summed E-state index contributed by atoms with van der Waals surface area (Å²) in [5.41, 5.74) is 0.458. The van der Waals surface area contributed by atoms with Crippen LogP contribution in [0.5, 0.6) is 5.75 Å². The van der Waals surface area contributed by atoms with Gasteiger partial charge in [0.2, 0.25) is 5.91 Å². The lowest BCUT2D eigenvalue weighted by molar-refractivity contribution is -0.120. The molecule has 0 saturated heterocycles. The Labute approximate surface area is 172 Å². The van der Waals surface area contributed by atoms with Crippen LogP contribution < -0.4 is 14.4 Å². The van der Waals surface area contributed by atoms with Crippen molar-refractivity contribution < 1.29 is 17.9 Å². The Morgan fingerprint density at radius 3 is 2.21 bits per heavy atom. The zero-order valence-electron chi connectivity index (χ0n) is 16.7. The first-order valence-electron chi connectivity index (χ1n) is 10.0. The summed E-state index contributed by atoms with van der Waals surface area (Å²) in [6.45, 7) is -0.255. The van der Waals surface area contributed by atoms with E-state index < -0.39 is 10.0 Å². The normalized spacial score (nSPS) is 15.3. The zero-order chi connectivity index (χ0) is 20.7. The summed E-state index contributed by atoms with van der Waals surface area (Å²) >= 11 is 0. The standard InChI is InChI=1S/C22H28N2O4S/c1-28-20-13-15-21(16-14-20)29(26,27)24(19-11-7-4-8-12-19)17-22(25)23-18-9-5-2-3-6-10-18/h4,7-8,11-16,18H,2-3,5-6,9-10,17H2,1H3,(H,23,25). The second-order valence-corrected chi connectivity index (χ2v) is 9.14. The Hall–Kier alpha value is -2.54. The first-order chi connectivity index (χ1) is 14.0. The van der Waals surface area contributed by atoms with Gasteiger partial charge in [-0.25, -0.2) is 8.42 Å². The van der Waals surface area contributed by atoms with Crippen molar-refractivity contribution in [3.05, 3.63) is 54.6 Å². The van der Waals surface area contributed by atoms with Crippen LogP contribution in [-0.2, 0) is 14.8 Å². The number of para-hydroxylation sites is 1. The fourth-order valence-electron chi connectivity index (χ4n) is 3.61. The van der Waals surface area contributed by atoms with Crippen LogP contribution in [0.2, 0.25) is 0 Å². The lowest BCUT2D eigenvalue weighted by Crippen LogP contribution is -2.44. The fourth-order valence-corrected chi connectivity index (χ4v) is 5.03. The van der Waals surface area contributed by atoms with Gasteiger partial charge < -0.3 is 10.1 Å². The summed E-state index contributed by atoms with van der Waals surface area (Å²) < 4.78 is 32.9. The van der Waals surface area contributed by atoms with Crippen molar-refractivity contribution >= 4 is 21.6 Å². The van der Waals surface area contributed by atoms with Gasteiger partial charge >= 0.3 is 0 Å². The minimum Gasteiger partial charge on any atom is -0.497 e. The molecule has 6 nitrogen and oxygen atoms in total. The monoisotopic (exact) mass is 416 g/mol. The number of hydrogen-bond donors (Lipinski definition) is 1. The molecule has 0 radical (unpaired) electrons. The largest absolute Gasteiger partial charge is 0.497 e. The highest BCUT2D eigenvalue weighted by atomic mass is 32.2. The van der Waals surface area contributed by atoms with Crippen LogP contribution in [0.3, 0.4) is 0 Å². The Morgan fingerprint density at radius 1 is 1.00 bits per heavy atom. The lowest BCUT2D eigenvalue weighted by Gasteiger charge is -2.25. The number of amides is 1. The second kappa shape index (κ2) is 9.78. The third-order valence-electron chi connectivity index (χ3n) is 5.20. The number of methoxy groups -OCH3 is 1. The van der Waals surface area contributed by atoms with Crippen molar-refractivity contribution in [3.8, 4) is 5.75 Å². The fraction of sp³-hybridized carbons (Fsp3) is 0.409. The number of anilines is 1. The molecule has 1 saturated carbocycles. The summed E-state index contributed by atoms with van der Waals surface area (Å²) in [5.74, 6) is 0.291. The number of carbonyl (C=O) groups is 1. The summed E-state index contributed by atoms with van der Waals surface area (Å²) in [4.78, 5) is 12.9.